The number of piperidine rings is 2. The van der Waals surface area contributed by atoms with Gasteiger partial charge in [-0.05, 0) is 113 Å². The van der Waals surface area contributed by atoms with Crippen LogP contribution in [0, 0.1) is 13.8 Å². The molecule has 4 heterocycles. The van der Waals surface area contributed by atoms with Gasteiger partial charge in [0.15, 0.2) is 0 Å². The second-order valence-corrected chi connectivity index (χ2v) is 14.4. The first-order valence-corrected chi connectivity index (χ1v) is 17.3. The summed E-state index contributed by atoms with van der Waals surface area (Å²) < 4.78 is 40.6. The first kappa shape index (κ1) is 31.9. The van der Waals surface area contributed by atoms with Crippen molar-refractivity contribution in [3.63, 3.8) is 0 Å². The lowest BCUT2D eigenvalue weighted by molar-refractivity contribution is -0.138. The lowest BCUT2D eigenvalue weighted by Crippen LogP contribution is -2.48. The number of sulfonamides is 1. The molecule has 5 rings (SSSR count). The standard InChI is InChI=1S/C33H48N4O5S/c1-26-21-30(41-3)22-27(2)32(26)43(39,40)37-17-5-4-10-29(37)24-42-25-31(38)36-19-12-33(13-20-36,28-9-8-14-34-23-28)11-18-35-15-6-7-16-35/h8-9,14,21-23,29H,4-7,10-13,15-20,24-25H2,1-3H3. The second kappa shape index (κ2) is 14.1. The summed E-state index contributed by atoms with van der Waals surface area (Å²) in [6.45, 7) is 9.09. The molecule has 43 heavy (non-hydrogen) atoms. The van der Waals surface area contributed by atoms with Gasteiger partial charge < -0.3 is 19.3 Å². The quantitative estimate of drug-likeness (QED) is 0.373. The Morgan fingerprint density at radius 3 is 2.37 bits per heavy atom. The zero-order chi connectivity index (χ0) is 30.5. The number of aromatic nitrogens is 1. The molecule has 0 saturated carbocycles. The number of amides is 1. The van der Waals surface area contributed by atoms with Crippen molar-refractivity contribution in [3.8, 4) is 5.75 Å². The van der Waals surface area contributed by atoms with Gasteiger partial charge in [0.05, 0.1) is 18.6 Å². The summed E-state index contributed by atoms with van der Waals surface area (Å²) in [5, 5.41) is 0. The topological polar surface area (TPSA) is 92.3 Å². The lowest BCUT2D eigenvalue weighted by Gasteiger charge is -2.43. The third-order valence-electron chi connectivity index (χ3n) is 9.80. The van der Waals surface area contributed by atoms with Crippen LogP contribution >= 0.6 is 0 Å². The Hall–Kier alpha value is -2.53. The van der Waals surface area contributed by atoms with Crippen LogP contribution in [-0.2, 0) is 25.0 Å². The number of hydrogen-bond donors (Lipinski definition) is 0. The molecule has 0 aliphatic carbocycles. The number of pyridine rings is 1. The van der Waals surface area contributed by atoms with E-state index in [9.17, 15) is 13.2 Å². The van der Waals surface area contributed by atoms with Gasteiger partial charge in [-0.2, -0.15) is 4.31 Å². The molecule has 1 amide bonds. The van der Waals surface area contributed by atoms with Crippen molar-refractivity contribution < 1.29 is 22.7 Å². The zero-order valence-corrected chi connectivity index (χ0v) is 26.9. The molecule has 3 aliphatic rings. The van der Waals surface area contributed by atoms with Crippen molar-refractivity contribution in [2.45, 2.75) is 81.6 Å². The average molecular weight is 613 g/mol. The molecule has 9 nitrogen and oxygen atoms in total. The van der Waals surface area contributed by atoms with E-state index in [1.54, 1.807) is 23.5 Å². The number of aryl methyl sites for hydroxylation is 2. The van der Waals surface area contributed by atoms with E-state index in [2.05, 4.69) is 16.0 Å². The van der Waals surface area contributed by atoms with Gasteiger partial charge in [-0.3, -0.25) is 9.78 Å². The van der Waals surface area contributed by atoms with Crippen molar-refractivity contribution in [2.75, 3.05) is 59.6 Å². The highest BCUT2D eigenvalue weighted by molar-refractivity contribution is 7.89. The predicted molar refractivity (Wildman–Crippen MR) is 167 cm³/mol. The van der Waals surface area contributed by atoms with Gasteiger partial charge in [-0.15, -0.1) is 0 Å². The predicted octanol–water partition coefficient (Wildman–Crippen LogP) is 4.31. The fourth-order valence-corrected chi connectivity index (χ4v) is 9.40. The minimum Gasteiger partial charge on any atom is -0.497 e. The summed E-state index contributed by atoms with van der Waals surface area (Å²) in [5.41, 5.74) is 2.65. The van der Waals surface area contributed by atoms with Crippen molar-refractivity contribution in [1.29, 1.82) is 0 Å². The lowest BCUT2D eigenvalue weighted by atomic mass is 9.71. The first-order valence-electron chi connectivity index (χ1n) is 15.9. The van der Waals surface area contributed by atoms with Gasteiger partial charge in [-0.25, -0.2) is 8.42 Å². The van der Waals surface area contributed by atoms with Crippen LogP contribution in [0.1, 0.15) is 68.1 Å². The van der Waals surface area contributed by atoms with E-state index in [0.717, 1.165) is 45.1 Å². The number of methoxy groups -OCH3 is 1. The summed E-state index contributed by atoms with van der Waals surface area (Å²) in [4.78, 5) is 22.5. The molecule has 1 unspecified atom stereocenters. The van der Waals surface area contributed by atoms with Crippen LogP contribution in [0.4, 0.5) is 0 Å². The van der Waals surface area contributed by atoms with Crippen molar-refractivity contribution in [2.24, 2.45) is 0 Å². The van der Waals surface area contributed by atoms with Crippen LogP contribution < -0.4 is 4.74 Å². The smallest absolute Gasteiger partial charge is 0.248 e. The van der Waals surface area contributed by atoms with Gasteiger partial charge in [0, 0.05) is 43.5 Å². The number of benzene rings is 1. The number of carbonyl (C=O) groups excluding carboxylic acids is 1. The highest BCUT2D eigenvalue weighted by atomic mass is 32.2. The normalized spacial score (nSPS) is 21.7. The van der Waals surface area contributed by atoms with E-state index in [-0.39, 0.29) is 30.6 Å². The molecular weight excluding hydrogens is 564 g/mol. The van der Waals surface area contributed by atoms with Gasteiger partial charge in [0.25, 0.3) is 0 Å². The molecule has 1 atom stereocenters. The monoisotopic (exact) mass is 612 g/mol. The Balaban J connectivity index is 1.18. The maximum Gasteiger partial charge on any atom is 0.248 e. The van der Waals surface area contributed by atoms with Crippen LogP contribution in [0.3, 0.4) is 0 Å². The van der Waals surface area contributed by atoms with E-state index in [4.69, 9.17) is 9.47 Å². The molecule has 3 saturated heterocycles. The van der Waals surface area contributed by atoms with Crippen molar-refractivity contribution in [3.05, 3.63) is 53.3 Å². The third-order valence-corrected chi connectivity index (χ3v) is 12.1. The van der Waals surface area contributed by atoms with Gasteiger partial charge in [-0.1, -0.05) is 12.5 Å². The number of likely N-dealkylation sites (tertiary alicyclic amines) is 2. The van der Waals surface area contributed by atoms with Crippen LogP contribution in [0.2, 0.25) is 0 Å². The summed E-state index contributed by atoms with van der Waals surface area (Å²) in [6.07, 6.45) is 11.8. The van der Waals surface area contributed by atoms with E-state index >= 15 is 0 Å². The first-order chi connectivity index (χ1) is 20.7. The summed E-state index contributed by atoms with van der Waals surface area (Å²) >= 11 is 0. The molecule has 0 radical (unpaired) electrons. The summed E-state index contributed by atoms with van der Waals surface area (Å²) in [6, 6.07) is 7.45. The number of rotatable bonds is 11. The van der Waals surface area contributed by atoms with Crippen LogP contribution in [0.25, 0.3) is 0 Å². The maximum absolute atomic E-state index is 13.8. The summed E-state index contributed by atoms with van der Waals surface area (Å²) in [7, 11) is -2.14. The van der Waals surface area contributed by atoms with Gasteiger partial charge >= 0.3 is 0 Å². The highest BCUT2D eigenvalue weighted by Crippen LogP contribution is 2.39. The van der Waals surface area contributed by atoms with Gasteiger partial charge in [0.2, 0.25) is 15.9 Å². The van der Waals surface area contributed by atoms with E-state index in [1.807, 2.05) is 37.2 Å². The minimum absolute atomic E-state index is 0.0219. The SMILES string of the molecule is COc1cc(C)c(S(=O)(=O)N2CCCCC2COCC(=O)N2CCC(CCN3CCCC3)(c3cccnc3)CC2)c(C)c1. The highest BCUT2D eigenvalue weighted by Gasteiger charge is 2.39. The fraction of sp³-hybridized carbons (Fsp3) is 0.636. The Kier molecular flexibility index (Phi) is 10.4. The van der Waals surface area contributed by atoms with Crippen molar-refractivity contribution >= 4 is 15.9 Å². The number of nitrogens with zero attached hydrogens (tertiary/aromatic N) is 4. The van der Waals surface area contributed by atoms with Crippen molar-refractivity contribution in [1.82, 2.24) is 19.1 Å². The minimum atomic E-state index is -3.73. The van der Waals surface area contributed by atoms with Gasteiger partial charge in [0.1, 0.15) is 12.4 Å². The zero-order valence-electron chi connectivity index (χ0n) is 26.1. The second-order valence-electron chi connectivity index (χ2n) is 12.6. The number of hydrogen-bond acceptors (Lipinski definition) is 7. The van der Waals surface area contributed by atoms with E-state index < -0.39 is 10.0 Å². The molecule has 2 aromatic rings. The van der Waals surface area contributed by atoms with Crippen LogP contribution in [-0.4, -0.2) is 99.0 Å². The molecular formula is C33H48N4O5S. The molecule has 3 aliphatic heterocycles. The Labute approximate surface area is 257 Å². The molecule has 236 valence electrons. The van der Waals surface area contributed by atoms with E-state index in [1.165, 1.54) is 31.5 Å². The Morgan fingerprint density at radius 2 is 1.72 bits per heavy atom. The molecule has 10 heteroatoms. The molecule has 1 aromatic heterocycles. The molecule has 3 fully saturated rings. The third kappa shape index (κ3) is 7.24. The fourth-order valence-electron chi connectivity index (χ4n) is 7.31. The average Bonchev–Trinajstić information content (AvgIpc) is 3.54. The number of carbonyl (C=O) groups is 1. The van der Waals surface area contributed by atoms with E-state index in [0.29, 0.717) is 41.4 Å². The molecule has 0 bridgehead atoms. The van der Waals surface area contributed by atoms with Crippen LogP contribution in [0.5, 0.6) is 5.75 Å². The largest absolute Gasteiger partial charge is 0.497 e. The Morgan fingerprint density at radius 1 is 1.02 bits per heavy atom. The molecule has 1 aromatic carbocycles. The van der Waals surface area contributed by atoms with Crippen LogP contribution in [0.15, 0.2) is 41.6 Å². The molecule has 0 spiro atoms. The summed E-state index contributed by atoms with van der Waals surface area (Å²) in [5.74, 6) is 0.624. The Bertz CT molecular complexity index is 1320. The maximum atomic E-state index is 13.8. The molecule has 0 N–H and O–H groups in total. The number of ether oxygens (including phenoxy) is 2.